The molecule has 5 nitrogen and oxygen atoms in total. The van der Waals surface area contributed by atoms with Crippen LogP contribution in [0.15, 0.2) is 0 Å². The van der Waals surface area contributed by atoms with Crippen molar-refractivity contribution in [2.45, 2.75) is 26.7 Å². The van der Waals surface area contributed by atoms with Crippen LogP contribution in [0.4, 0.5) is 0 Å². The van der Waals surface area contributed by atoms with Crippen LogP contribution in [0.25, 0.3) is 0 Å². The summed E-state index contributed by atoms with van der Waals surface area (Å²) in [6, 6.07) is 0. The van der Waals surface area contributed by atoms with E-state index < -0.39 is 20.2 Å². The van der Waals surface area contributed by atoms with E-state index in [1.807, 2.05) is 0 Å². The van der Waals surface area contributed by atoms with Gasteiger partial charge >= 0.3 is 20.2 Å². The van der Waals surface area contributed by atoms with Crippen LogP contribution in [0, 0.1) is 0 Å². The Bertz CT molecular complexity index is 180. The number of carbonyl (C=O) groups excluding carboxylic acids is 2. The average molecular weight is 194 g/mol. The summed E-state index contributed by atoms with van der Waals surface area (Å²) in [5.41, 5.74) is 0. The summed E-state index contributed by atoms with van der Waals surface area (Å²) in [5.74, 6) is -1.27. The molecule has 0 atom stereocenters. The third-order valence-corrected chi connectivity index (χ3v) is 1.76. The maximum absolute atomic E-state index is 10.7. The Balaban J connectivity index is 3.74. The van der Waals surface area contributed by atoms with Crippen molar-refractivity contribution in [2.24, 2.45) is 0 Å². The molecule has 70 valence electrons. The van der Waals surface area contributed by atoms with Crippen LogP contribution in [0.5, 0.6) is 0 Å². The quantitative estimate of drug-likeness (QED) is 0.630. The number of carbonyl (C=O) groups is 2. The van der Waals surface area contributed by atoms with Gasteiger partial charge in [-0.3, -0.25) is 9.59 Å². The van der Waals surface area contributed by atoms with Crippen molar-refractivity contribution in [2.75, 3.05) is 0 Å². The molecule has 0 saturated heterocycles. The van der Waals surface area contributed by atoms with E-state index in [1.165, 1.54) is 0 Å². The van der Waals surface area contributed by atoms with E-state index in [1.54, 1.807) is 13.8 Å². The Morgan fingerprint density at radius 3 is 1.67 bits per heavy atom. The standard InChI is InChI=1S/C6H11O5P/c1-3-5(7)10-12(9)11-6(8)4-2/h12H,3-4H2,1-2H3. The molecule has 0 fully saturated rings. The van der Waals surface area contributed by atoms with Crippen molar-refractivity contribution < 1.29 is 23.2 Å². The second kappa shape index (κ2) is 5.77. The summed E-state index contributed by atoms with van der Waals surface area (Å²) in [7, 11) is -2.96. The van der Waals surface area contributed by atoms with Crippen LogP contribution >= 0.6 is 8.25 Å². The van der Waals surface area contributed by atoms with Crippen molar-refractivity contribution in [3.8, 4) is 0 Å². The predicted molar refractivity (Wildman–Crippen MR) is 41.8 cm³/mol. The van der Waals surface area contributed by atoms with Crippen molar-refractivity contribution in [3.05, 3.63) is 0 Å². The maximum atomic E-state index is 10.7. The number of rotatable bonds is 4. The largest absolute Gasteiger partial charge is 0.423 e. The lowest BCUT2D eigenvalue weighted by Gasteiger charge is -2.02. The van der Waals surface area contributed by atoms with Gasteiger partial charge in [-0.05, 0) is 0 Å². The van der Waals surface area contributed by atoms with Gasteiger partial charge in [0.25, 0.3) is 0 Å². The van der Waals surface area contributed by atoms with Crippen molar-refractivity contribution in [1.82, 2.24) is 0 Å². The van der Waals surface area contributed by atoms with Gasteiger partial charge in [-0.15, -0.1) is 0 Å². The molecule has 0 aliphatic heterocycles. The first-order valence-corrected chi connectivity index (χ1v) is 4.77. The predicted octanol–water partition coefficient (Wildman–Crippen LogP) is 1.28. The minimum atomic E-state index is -2.96. The summed E-state index contributed by atoms with van der Waals surface area (Å²) in [6.45, 7) is 3.11. The average Bonchev–Trinajstić information content (AvgIpc) is 2.03. The molecule has 0 rings (SSSR count). The van der Waals surface area contributed by atoms with Gasteiger partial charge in [0.05, 0.1) is 0 Å². The fourth-order valence-corrected chi connectivity index (χ4v) is 1.05. The third-order valence-electron chi connectivity index (χ3n) is 0.972. The van der Waals surface area contributed by atoms with Crippen molar-refractivity contribution >= 4 is 20.2 Å². The second-order valence-electron chi connectivity index (χ2n) is 1.91. The third kappa shape index (κ3) is 4.91. The molecule has 0 saturated carbocycles. The fraction of sp³-hybridized carbons (Fsp3) is 0.667. The van der Waals surface area contributed by atoms with Gasteiger partial charge in [0, 0.05) is 12.8 Å². The molecule has 0 spiro atoms. The summed E-state index contributed by atoms with van der Waals surface area (Å²) >= 11 is 0. The lowest BCUT2D eigenvalue weighted by molar-refractivity contribution is -0.137. The van der Waals surface area contributed by atoms with Crippen LogP contribution in [-0.4, -0.2) is 11.9 Å². The van der Waals surface area contributed by atoms with Crippen LogP contribution in [0.1, 0.15) is 26.7 Å². The molecular weight excluding hydrogens is 183 g/mol. The zero-order valence-corrected chi connectivity index (χ0v) is 7.96. The van der Waals surface area contributed by atoms with Gasteiger partial charge in [-0.25, -0.2) is 4.57 Å². The summed E-state index contributed by atoms with van der Waals surface area (Å²) in [4.78, 5) is 21.0. The van der Waals surface area contributed by atoms with E-state index in [-0.39, 0.29) is 12.8 Å². The highest BCUT2D eigenvalue weighted by atomic mass is 31.1. The molecule has 0 heterocycles. The van der Waals surface area contributed by atoms with Gasteiger partial charge < -0.3 is 9.05 Å². The molecule has 0 bridgehead atoms. The zero-order chi connectivity index (χ0) is 9.56. The van der Waals surface area contributed by atoms with E-state index >= 15 is 0 Å². The van der Waals surface area contributed by atoms with E-state index in [0.717, 1.165) is 0 Å². The molecule has 0 aliphatic carbocycles. The molecule has 0 amide bonds. The van der Waals surface area contributed by atoms with Crippen LogP contribution < -0.4 is 0 Å². The van der Waals surface area contributed by atoms with Gasteiger partial charge in [-0.2, -0.15) is 0 Å². The Labute approximate surface area is 71.0 Å². The lowest BCUT2D eigenvalue weighted by Crippen LogP contribution is -2.00. The van der Waals surface area contributed by atoms with E-state index in [4.69, 9.17) is 0 Å². The first kappa shape index (κ1) is 11.2. The first-order valence-electron chi connectivity index (χ1n) is 3.55. The number of hydrogen-bond acceptors (Lipinski definition) is 5. The molecule has 0 aromatic carbocycles. The van der Waals surface area contributed by atoms with E-state index in [0.29, 0.717) is 0 Å². The van der Waals surface area contributed by atoms with Gasteiger partial charge in [0.1, 0.15) is 0 Å². The highest BCUT2D eigenvalue weighted by Crippen LogP contribution is 2.24. The molecule has 0 aromatic heterocycles. The molecule has 0 N–H and O–H groups in total. The summed E-state index contributed by atoms with van der Waals surface area (Å²) < 4.78 is 19.2. The van der Waals surface area contributed by atoms with Gasteiger partial charge in [-0.1, -0.05) is 13.8 Å². The van der Waals surface area contributed by atoms with Gasteiger partial charge in [0.15, 0.2) is 0 Å². The molecule has 0 aromatic rings. The Morgan fingerprint density at radius 2 is 1.42 bits per heavy atom. The van der Waals surface area contributed by atoms with Crippen molar-refractivity contribution in [3.63, 3.8) is 0 Å². The molecule has 0 aliphatic rings. The molecule has 12 heavy (non-hydrogen) atoms. The Kier molecular flexibility index (Phi) is 5.37. The SMILES string of the molecule is CCC(=O)O[PH](=O)OC(=O)CC. The topological polar surface area (TPSA) is 69.7 Å². The van der Waals surface area contributed by atoms with Crippen LogP contribution in [-0.2, 0) is 23.2 Å². The fourth-order valence-electron chi connectivity index (χ4n) is 0.351. The smallest absolute Gasteiger partial charge is 0.385 e. The minimum Gasteiger partial charge on any atom is -0.385 e. The molecule has 0 unspecified atom stereocenters. The maximum Gasteiger partial charge on any atom is 0.423 e. The Hall–Kier alpha value is -0.830. The van der Waals surface area contributed by atoms with E-state index in [2.05, 4.69) is 9.05 Å². The second-order valence-corrected chi connectivity index (χ2v) is 2.81. The normalized spacial score (nSPS) is 9.58. The van der Waals surface area contributed by atoms with E-state index in [9.17, 15) is 14.2 Å². The molecule has 0 radical (unpaired) electrons. The first-order chi connectivity index (χ1) is 5.60. The van der Waals surface area contributed by atoms with Crippen LogP contribution in [0.3, 0.4) is 0 Å². The zero-order valence-electron chi connectivity index (χ0n) is 6.96. The minimum absolute atomic E-state index is 0.111. The highest BCUT2D eigenvalue weighted by Gasteiger charge is 2.09. The van der Waals surface area contributed by atoms with Crippen LogP contribution in [0.2, 0.25) is 0 Å². The monoisotopic (exact) mass is 194 g/mol. The lowest BCUT2D eigenvalue weighted by atomic mass is 10.5. The summed E-state index contributed by atoms with van der Waals surface area (Å²) in [5, 5.41) is 0. The molecular formula is C6H11O5P. The highest BCUT2D eigenvalue weighted by molar-refractivity contribution is 7.34. The molecule has 6 heteroatoms. The number of hydrogen-bond donors (Lipinski definition) is 0. The summed E-state index contributed by atoms with van der Waals surface area (Å²) in [6.07, 6.45) is 0.222. The Morgan fingerprint density at radius 1 is 1.08 bits per heavy atom. The van der Waals surface area contributed by atoms with Crippen molar-refractivity contribution in [1.29, 1.82) is 0 Å². The van der Waals surface area contributed by atoms with Gasteiger partial charge in [0.2, 0.25) is 0 Å².